The maximum absolute atomic E-state index is 10.6. The van der Waals surface area contributed by atoms with Crippen LogP contribution in [0.15, 0.2) is 0 Å². The van der Waals surface area contributed by atoms with Gasteiger partial charge in [-0.05, 0) is 12.3 Å². The van der Waals surface area contributed by atoms with E-state index in [2.05, 4.69) is 0 Å². The van der Waals surface area contributed by atoms with Crippen LogP contribution in [0.4, 0.5) is 0 Å². The van der Waals surface area contributed by atoms with Crippen molar-refractivity contribution in [1.29, 1.82) is 0 Å². The summed E-state index contributed by atoms with van der Waals surface area (Å²) in [7, 11) is -4.14. The molecule has 0 aliphatic heterocycles. The molecule has 0 aromatic carbocycles. The second kappa shape index (κ2) is 5.95. The molecule has 0 unspecified atom stereocenters. The molecule has 1 aliphatic carbocycles. The summed E-state index contributed by atoms with van der Waals surface area (Å²) in [5, 5.41) is 9.52. The van der Waals surface area contributed by atoms with E-state index in [-0.39, 0.29) is 0 Å². The second-order valence-electron chi connectivity index (χ2n) is 4.72. The van der Waals surface area contributed by atoms with Gasteiger partial charge in [-0.2, -0.15) is 8.42 Å². The Hall–Kier alpha value is -0.170. The molecular weight excluding hydrogens is 230 g/mol. The second-order valence-corrected chi connectivity index (χ2v) is 6.22. The molecule has 0 saturated heterocycles. The van der Waals surface area contributed by atoms with E-state index in [0.717, 1.165) is 12.8 Å². The van der Waals surface area contributed by atoms with Crippen LogP contribution < -0.4 is 5.73 Å². The average Bonchev–Trinajstić information content (AvgIpc) is 2.16. The van der Waals surface area contributed by atoms with Gasteiger partial charge in [0, 0.05) is 6.04 Å². The Morgan fingerprint density at radius 2 is 1.81 bits per heavy atom. The van der Waals surface area contributed by atoms with Crippen LogP contribution >= 0.6 is 0 Å². The normalized spacial score (nSPS) is 22.9. The van der Waals surface area contributed by atoms with Crippen molar-refractivity contribution in [2.24, 2.45) is 11.7 Å². The van der Waals surface area contributed by atoms with Gasteiger partial charge in [-0.1, -0.05) is 32.1 Å². The Balaban J connectivity index is 2.35. The summed E-state index contributed by atoms with van der Waals surface area (Å²) in [4.78, 5) is 0. The molecule has 0 bridgehead atoms. The lowest BCUT2D eigenvalue weighted by Gasteiger charge is -2.26. The highest BCUT2D eigenvalue weighted by Gasteiger charge is 2.24. The van der Waals surface area contributed by atoms with Crippen LogP contribution in [-0.2, 0) is 10.1 Å². The molecule has 0 spiro atoms. The fraction of sp³-hybridized carbons (Fsp3) is 1.00. The first-order valence-electron chi connectivity index (χ1n) is 5.77. The molecule has 2 atom stereocenters. The standard InChI is InChI=1S/C10H21NO4S/c11-9(10(12)7-16(13,14)15)6-8-4-2-1-3-5-8/h8-10,12H,1-7,11H2,(H,13,14,15)/t9-,10-/m0/s1. The highest BCUT2D eigenvalue weighted by molar-refractivity contribution is 7.85. The van der Waals surface area contributed by atoms with Crippen LogP contribution in [0.5, 0.6) is 0 Å². The number of aliphatic hydroxyl groups excluding tert-OH is 1. The predicted molar refractivity (Wildman–Crippen MR) is 61.6 cm³/mol. The number of hydrogen-bond donors (Lipinski definition) is 3. The Morgan fingerprint density at radius 3 is 2.31 bits per heavy atom. The molecule has 96 valence electrons. The molecule has 16 heavy (non-hydrogen) atoms. The van der Waals surface area contributed by atoms with E-state index in [1.165, 1.54) is 19.3 Å². The lowest BCUT2D eigenvalue weighted by atomic mass is 9.84. The molecule has 5 nitrogen and oxygen atoms in total. The summed E-state index contributed by atoms with van der Waals surface area (Å²) < 4.78 is 29.8. The molecule has 1 saturated carbocycles. The molecule has 1 aliphatic rings. The third kappa shape index (κ3) is 5.25. The SMILES string of the molecule is N[C@@H](CC1CCCCC1)[C@@H](O)CS(=O)(=O)O. The Kier molecular flexibility index (Phi) is 5.17. The van der Waals surface area contributed by atoms with E-state index in [4.69, 9.17) is 10.3 Å². The molecule has 0 radical (unpaired) electrons. The maximum atomic E-state index is 10.6. The lowest BCUT2D eigenvalue weighted by molar-refractivity contribution is 0.144. The molecule has 0 aromatic heterocycles. The minimum absolute atomic E-state index is 0.486. The van der Waals surface area contributed by atoms with Crippen molar-refractivity contribution in [2.45, 2.75) is 50.7 Å². The van der Waals surface area contributed by atoms with Crippen LogP contribution in [-0.4, -0.2) is 36.0 Å². The summed E-state index contributed by atoms with van der Waals surface area (Å²) in [6.07, 6.45) is 5.29. The van der Waals surface area contributed by atoms with Gasteiger partial charge in [0.15, 0.2) is 0 Å². The first kappa shape index (κ1) is 13.9. The Bertz CT molecular complexity index is 298. The first-order valence-corrected chi connectivity index (χ1v) is 7.38. The van der Waals surface area contributed by atoms with E-state index >= 15 is 0 Å². The van der Waals surface area contributed by atoms with Crippen molar-refractivity contribution in [3.05, 3.63) is 0 Å². The zero-order valence-corrected chi connectivity index (χ0v) is 10.2. The van der Waals surface area contributed by atoms with E-state index in [0.29, 0.717) is 12.3 Å². The smallest absolute Gasteiger partial charge is 0.267 e. The minimum Gasteiger partial charge on any atom is -0.390 e. The van der Waals surface area contributed by atoms with Crippen LogP contribution in [0.1, 0.15) is 38.5 Å². The summed E-state index contributed by atoms with van der Waals surface area (Å²) in [5.74, 6) is -0.180. The van der Waals surface area contributed by atoms with Gasteiger partial charge in [0.05, 0.1) is 6.10 Å². The van der Waals surface area contributed by atoms with Crippen LogP contribution in [0.3, 0.4) is 0 Å². The molecular formula is C10H21NO4S. The lowest BCUT2D eigenvalue weighted by Crippen LogP contribution is -2.41. The molecule has 6 heteroatoms. The largest absolute Gasteiger partial charge is 0.390 e. The van der Waals surface area contributed by atoms with Gasteiger partial charge in [0.25, 0.3) is 10.1 Å². The third-order valence-electron chi connectivity index (χ3n) is 3.21. The summed E-state index contributed by atoms with van der Waals surface area (Å²) in [6.45, 7) is 0. The van der Waals surface area contributed by atoms with Crippen LogP contribution in [0.2, 0.25) is 0 Å². The van der Waals surface area contributed by atoms with Crippen LogP contribution in [0.25, 0.3) is 0 Å². The summed E-state index contributed by atoms with van der Waals surface area (Å²) in [6, 6.07) is -0.565. The molecule has 0 aromatic rings. The average molecular weight is 251 g/mol. The fourth-order valence-electron chi connectivity index (χ4n) is 2.30. The number of aliphatic hydroxyl groups is 1. The van der Waals surface area contributed by atoms with E-state index in [9.17, 15) is 13.5 Å². The summed E-state index contributed by atoms with van der Waals surface area (Å²) >= 11 is 0. The number of rotatable bonds is 5. The minimum atomic E-state index is -4.14. The van der Waals surface area contributed by atoms with Crippen molar-refractivity contribution in [3.8, 4) is 0 Å². The third-order valence-corrected chi connectivity index (χ3v) is 3.97. The van der Waals surface area contributed by atoms with Crippen molar-refractivity contribution >= 4 is 10.1 Å². The zero-order chi connectivity index (χ0) is 12.2. The van der Waals surface area contributed by atoms with Gasteiger partial charge in [-0.25, -0.2) is 0 Å². The van der Waals surface area contributed by atoms with E-state index in [1.54, 1.807) is 0 Å². The Labute approximate surface area is 96.8 Å². The molecule has 0 heterocycles. The summed E-state index contributed by atoms with van der Waals surface area (Å²) in [5.41, 5.74) is 5.73. The Morgan fingerprint density at radius 1 is 1.25 bits per heavy atom. The van der Waals surface area contributed by atoms with Crippen molar-refractivity contribution in [2.75, 3.05) is 5.75 Å². The van der Waals surface area contributed by atoms with Gasteiger partial charge in [0.1, 0.15) is 5.75 Å². The quantitative estimate of drug-likeness (QED) is 0.619. The number of nitrogens with two attached hydrogens (primary N) is 1. The van der Waals surface area contributed by atoms with Gasteiger partial charge in [-0.15, -0.1) is 0 Å². The topological polar surface area (TPSA) is 101 Å². The molecule has 1 rings (SSSR count). The van der Waals surface area contributed by atoms with Gasteiger partial charge < -0.3 is 10.8 Å². The zero-order valence-electron chi connectivity index (χ0n) is 9.38. The molecule has 1 fully saturated rings. The van der Waals surface area contributed by atoms with Crippen molar-refractivity contribution in [3.63, 3.8) is 0 Å². The van der Waals surface area contributed by atoms with Gasteiger partial charge >= 0.3 is 0 Å². The van der Waals surface area contributed by atoms with Crippen molar-refractivity contribution in [1.82, 2.24) is 0 Å². The highest BCUT2D eigenvalue weighted by atomic mass is 32.2. The van der Waals surface area contributed by atoms with Gasteiger partial charge in [-0.3, -0.25) is 4.55 Å². The fourth-order valence-corrected chi connectivity index (χ4v) is 2.98. The predicted octanol–water partition coefficient (Wildman–Crippen LogP) is 0.533. The van der Waals surface area contributed by atoms with E-state index in [1.807, 2.05) is 0 Å². The van der Waals surface area contributed by atoms with E-state index < -0.39 is 28.0 Å². The molecule has 4 N–H and O–H groups in total. The van der Waals surface area contributed by atoms with Gasteiger partial charge in [0.2, 0.25) is 0 Å². The first-order chi connectivity index (χ1) is 7.38. The maximum Gasteiger partial charge on any atom is 0.267 e. The monoisotopic (exact) mass is 251 g/mol. The van der Waals surface area contributed by atoms with Crippen LogP contribution in [0, 0.1) is 5.92 Å². The highest BCUT2D eigenvalue weighted by Crippen LogP contribution is 2.27. The van der Waals surface area contributed by atoms with Crippen molar-refractivity contribution < 1.29 is 18.1 Å². The number of hydrogen-bond acceptors (Lipinski definition) is 4. The molecule has 0 amide bonds.